The molecule has 0 saturated heterocycles. The first-order chi connectivity index (χ1) is 6.81. The van der Waals surface area contributed by atoms with E-state index < -0.39 is 0 Å². The standard InChI is InChI=1S/C10H10N2OS/c1-7-3-4-8(9(5-7)13-2)10-12-11-6-14-10/h3-6H,1-2H3. The van der Waals surface area contributed by atoms with E-state index in [2.05, 4.69) is 10.2 Å². The highest BCUT2D eigenvalue weighted by Crippen LogP contribution is 2.31. The number of methoxy groups -OCH3 is 1. The predicted molar refractivity (Wildman–Crippen MR) is 56.6 cm³/mol. The van der Waals surface area contributed by atoms with Gasteiger partial charge in [-0.05, 0) is 24.6 Å². The van der Waals surface area contributed by atoms with Crippen LogP contribution in [0.2, 0.25) is 0 Å². The molecular weight excluding hydrogens is 196 g/mol. The Morgan fingerprint density at radius 1 is 1.36 bits per heavy atom. The van der Waals surface area contributed by atoms with Crippen LogP contribution in [-0.2, 0) is 0 Å². The molecule has 0 aliphatic carbocycles. The fourth-order valence-corrected chi connectivity index (χ4v) is 1.85. The molecule has 0 bridgehead atoms. The van der Waals surface area contributed by atoms with Crippen molar-refractivity contribution in [2.24, 2.45) is 0 Å². The van der Waals surface area contributed by atoms with Crippen LogP contribution in [0.3, 0.4) is 0 Å². The lowest BCUT2D eigenvalue weighted by atomic mass is 10.1. The molecular formula is C10H10N2OS. The third-order valence-electron chi connectivity index (χ3n) is 1.95. The van der Waals surface area contributed by atoms with Gasteiger partial charge in [-0.15, -0.1) is 10.2 Å². The van der Waals surface area contributed by atoms with Crippen molar-refractivity contribution in [3.63, 3.8) is 0 Å². The molecule has 0 fully saturated rings. The second kappa shape index (κ2) is 3.75. The molecule has 2 rings (SSSR count). The van der Waals surface area contributed by atoms with E-state index in [4.69, 9.17) is 4.74 Å². The number of ether oxygens (including phenoxy) is 1. The Bertz CT molecular complexity index is 426. The van der Waals surface area contributed by atoms with Gasteiger partial charge in [0.05, 0.1) is 12.7 Å². The zero-order valence-electron chi connectivity index (χ0n) is 8.02. The van der Waals surface area contributed by atoms with Crippen LogP contribution < -0.4 is 4.74 Å². The minimum Gasteiger partial charge on any atom is -0.496 e. The van der Waals surface area contributed by atoms with Crippen LogP contribution in [0, 0.1) is 6.92 Å². The first-order valence-corrected chi connectivity index (χ1v) is 5.10. The van der Waals surface area contributed by atoms with Gasteiger partial charge in [-0.3, -0.25) is 0 Å². The fourth-order valence-electron chi connectivity index (χ4n) is 1.27. The van der Waals surface area contributed by atoms with Gasteiger partial charge in [-0.2, -0.15) is 0 Å². The normalized spacial score (nSPS) is 10.1. The Hall–Kier alpha value is -1.42. The van der Waals surface area contributed by atoms with Gasteiger partial charge in [0.25, 0.3) is 0 Å². The van der Waals surface area contributed by atoms with Crippen molar-refractivity contribution in [2.75, 3.05) is 7.11 Å². The zero-order valence-corrected chi connectivity index (χ0v) is 8.84. The van der Waals surface area contributed by atoms with Gasteiger partial charge in [-0.25, -0.2) is 0 Å². The van der Waals surface area contributed by atoms with Gasteiger partial charge in [0, 0.05) is 0 Å². The minimum absolute atomic E-state index is 0.849. The largest absolute Gasteiger partial charge is 0.496 e. The summed E-state index contributed by atoms with van der Waals surface area (Å²) in [4.78, 5) is 0. The lowest BCUT2D eigenvalue weighted by molar-refractivity contribution is 0.416. The highest BCUT2D eigenvalue weighted by Gasteiger charge is 2.08. The van der Waals surface area contributed by atoms with E-state index in [0.717, 1.165) is 16.3 Å². The molecule has 0 aliphatic rings. The van der Waals surface area contributed by atoms with Crippen LogP contribution >= 0.6 is 11.3 Å². The summed E-state index contributed by atoms with van der Waals surface area (Å²) in [6.07, 6.45) is 0. The quantitative estimate of drug-likeness (QED) is 0.757. The number of aryl methyl sites for hydroxylation is 1. The molecule has 2 aromatic rings. The molecule has 0 aliphatic heterocycles. The van der Waals surface area contributed by atoms with Crippen LogP contribution in [0.4, 0.5) is 0 Å². The summed E-state index contributed by atoms with van der Waals surface area (Å²) in [7, 11) is 1.67. The smallest absolute Gasteiger partial charge is 0.151 e. The van der Waals surface area contributed by atoms with E-state index in [1.807, 2.05) is 25.1 Å². The van der Waals surface area contributed by atoms with Crippen molar-refractivity contribution in [1.82, 2.24) is 10.2 Å². The molecule has 1 aromatic carbocycles. The molecule has 3 nitrogen and oxygen atoms in total. The van der Waals surface area contributed by atoms with Crippen LogP contribution in [0.5, 0.6) is 5.75 Å². The summed E-state index contributed by atoms with van der Waals surface area (Å²) < 4.78 is 5.29. The van der Waals surface area contributed by atoms with Crippen molar-refractivity contribution < 1.29 is 4.74 Å². The third-order valence-corrected chi connectivity index (χ3v) is 2.67. The Kier molecular flexibility index (Phi) is 2.45. The Morgan fingerprint density at radius 3 is 2.86 bits per heavy atom. The average molecular weight is 206 g/mol. The Balaban J connectivity index is 2.53. The summed E-state index contributed by atoms with van der Waals surface area (Å²) in [5, 5.41) is 8.71. The topological polar surface area (TPSA) is 35.0 Å². The number of benzene rings is 1. The minimum atomic E-state index is 0.849. The van der Waals surface area contributed by atoms with E-state index in [-0.39, 0.29) is 0 Å². The maximum atomic E-state index is 5.29. The number of aromatic nitrogens is 2. The second-order valence-corrected chi connectivity index (χ2v) is 3.78. The van der Waals surface area contributed by atoms with E-state index >= 15 is 0 Å². The van der Waals surface area contributed by atoms with Crippen LogP contribution in [-0.4, -0.2) is 17.3 Å². The van der Waals surface area contributed by atoms with Crippen molar-refractivity contribution in [1.29, 1.82) is 0 Å². The lowest BCUT2D eigenvalue weighted by Crippen LogP contribution is -1.88. The molecule has 1 aromatic heterocycles. The van der Waals surface area contributed by atoms with E-state index in [0.29, 0.717) is 0 Å². The second-order valence-electron chi connectivity index (χ2n) is 2.95. The first kappa shape index (κ1) is 9.15. The Labute approximate surface area is 86.4 Å². The SMILES string of the molecule is COc1cc(C)ccc1-c1nncs1. The van der Waals surface area contributed by atoms with Gasteiger partial charge in [0.1, 0.15) is 11.3 Å². The van der Waals surface area contributed by atoms with Crippen molar-refractivity contribution in [3.05, 3.63) is 29.3 Å². The van der Waals surface area contributed by atoms with Gasteiger partial charge in [-0.1, -0.05) is 17.4 Å². The highest BCUT2D eigenvalue weighted by molar-refractivity contribution is 7.12. The van der Waals surface area contributed by atoms with Gasteiger partial charge in [0.15, 0.2) is 5.01 Å². The van der Waals surface area contributed by atoms with Crippen molar-refractivity contribution in [3.8, 4) is 16.3 Å². The number of nitrogens with zero attached hydrogens (tertiary/aromatic N) is 2. The molecule has 0 amide bonds. The highest BCUT2D eigenvalue weighted by atomic mass is 32.1. The molecule has 72 valence electrons. The molecule has 0 N–H and O–H groups in total. The van der Waals surface area contributed by atoms with Crippen LogP contribution in [0.1, 0.15) is 5.56 Å². The zero-order chi connectivity index (χ0) is 9.97. The summed E-state index contributed by atoms with van der Waals surface area (Å²) >= 11 is 1.51. The molecule has 0 unspecified atom stereocenters. The maximum absolute atomic E-state index is 5.29. The van der Waals surface area contributed by atoms with Gasteiger partial charge < -0.3 is 4.74 Å². The van der Waals surface area contributed by atoms with Crippen LogP contribution in [0.15, 0.2) is 23.7 Å². The van der Waals surface area contributed by atoms with Crippen molar-refractivity contribution >= 4 is 11.3 Å². The van der Waals surface area contributed by atoms with Gasteiger partial charge in [0.2, 0.25) is 0 Å². The maximum Gasteiger partial charge on any atom is 0.151 e. The molecule has 0 atom stereocenters. The third kappa shape index (κ3) is 1.61. The predicted octanol–water partition coefficient (Wildman–Crippen LogP) is 2.52. The Morgan fingerprint density at radius 2 is 2.21 bits per heavy atom. The molecule has 0 spiro atoms. The first-order valence-electron chi connectivity index (χ1n) is 4.22. The molecule has 0 saturated carbocycles. The van der Waals surface area contributed by atoms with E-state index in [1.54, 1.807) is 12.6 Å². The summed E-state index contributed by atoms with van der Waals surface area (Å²) in [6, 6.07) is 6.05. The average Bonchev–Trinajstić information content (AvgIpc) is 2.70. The summed E-state index contributed by atoms with van der Waals surface area (Å²) in [5.41, 5.74) is 3.89. The summed E-state index contributed by atoms with van der Waals surface area (Å²) in [5.74, 6) is 0.849. The number of rotatable bonds is 2. The molecule has 4 heteroatoms. The van der Waals surface area contributed by atoms with E-state index in [9.17, 15) is 0 Å². The lowest BCUT2D eigenvalue weighted by Gasteiger charge is -2.05. The summed E-state index contributed by atoms with van der Waals surface area (Å²) in [6.45, 7) is 2.03. The molecule has 14 heavy (non-hydrogen) atoms. The number of hydrogen-bond acceptors (Lipinski definition) is 4. The van der Waals surface area contributed by atoms with Gasteiger partial charge >= 0.3 is 0 Å². The van der Waals surface area contributed by atoms with Crippen molar-refractivity contribution in [2.45, 2.75) is 6.92 Å². The molecule has 0 radical (unpaired) electrons. The van der Waals surface area contributed by atoms with E-state index in [1.165, 1.54) is 16.9 Å². The number of hydrogen-bond donors (Lipinski definition) is 0. The fraction of sp³-hybridized carbons (Fsp3) is 0.200. The monoisotopic (exact) mass is 206 g/mol. The van der Waals surface area contributed by atoms with Crippen LogP contribution in [0.25, 0.3) is 10.6 Å². The molecule has 1 heterocycles.